The number of nitrogens with one attached hydrogen (secondary N) is 2. The summed E-state index contributed by atoms with van der Waals surface area (Å²) in [5, 5.41) is 19.9. The van der Waals surface area contributed by atoms with Crippen molar-refractivity contribution < 1.29 is 9.21 Å². The van der Waals surface area contributed by atoms with Gasteiger partial charge in [0.2, 0.25) is 0 Å². The van der Waals surface area contributed by atoms with Gasteiger partial charge in [0.1, 0.15) is 17.5 Å². The summed E-state index contributed by atoms with van der Waals surface area (Å²) in [7, 11) is 0. The minimum Gasteiger partial charge on any atom is -0.442 e. The molecule has 2 N–H and O–H groups in total. The van der Waals surface area contributed by atoms with Gasteiger partial charge in [-0.25, -0.2) is 9.97 Å². The Labute approximate surface area is 153 Å². The second-order valence-electron chi connectivity index (χ2n) is 6.03. The van der Waals surface area contributed by atoms with Crippen LogP contribution in [0.15, 0.2) is 41.4 Å². The van der Waals surface area contributed by atoms with Crippen LogP contribution in [0.5, 0.6) is 0 Å². The van der Waals surface area contributed by atoms with Crippen molar-refractivity contribution in [2.45, 2.75) is 13.8 Å². The first kappa shape index (κ1) is 16.5. The van der Waals surface area contributed by atoms with Gasteiger partial charge in [-0.2, -0.15) is 10.4 Å². The molecule has 27 heavy (non-hydrogen) atoms. The average Bonchev–Trinajstić information content (AvgIpc) is 3.32. The molecule has 1 aromatic carbocycles. The van der Waals surface area contributed by atoms with Gasteiger partial charge in [0, 0.05) is 17.3 Å². The van der Waals surface area contributed by atoms with Gasteiger partial charge in [-0.3, -0.25) is 9.89 Å². The summed E-state index contributed by atoms with van der Waals surface area (Å²) >= 11 is 0. The lowest BCUT2D eigenvalue weighted by molar-refractivity contribution is 0.102. The summed E-state index contributed by atoms with van der Waals surface area (Å²) in [4.78, 5) is 20.7. The summed E-state index contributed by atoms with van der Waals surface area (Å²) in [5.41, 5.74) is 4.19. The van der Waals surface area contributed by atoms with Crippen molar-refractivity contribution in [2.75, 3.05) is 5.32 Å². The highest BCUT2D eigenvalue weighted by molar-refractivity contribution is 6.05. The molecule has 0 aliphatic heterocycles. The first-order valence-corrected chi connectivity index (χ1v) is 8.13. The molecule has 0 unspecified atom stereocenters. The van der Waals surface area contributed by atoms with Crippen LogP contribution in [-0.2, 0) is 0 Å². The molecular formula is C19H14N6O2. The third-order valence-electron chi connectivity index (χ3n) is 4.47. The highest BCUT2D eigenvalue weighted by Gasteiger charge is 2.16. The molecule has 132 valence electrons. The SMILES string of the molecule is Cc1c(C#N)cnc(C(=O)Nc2ccc3[nH]nc(-c4cnco4)c3c2)c1C. The number of carbonyl (C=O) groups is 1. The fourth-order valence-electron chi connectivity index (χ4n) is 2.85. The van der Waals surface area contributed by atoms with E-state index in [1.165, 1.54) is 12.6 Å². The molecule has 3 heterocycles. The molecular weight excluding hydrogens is 344 g/mol. The smallest absolute Gasteiger partial charge is 0.274 e. The van der Waals surface area contributed by atoms with Crippen molar-refractivity contribution in [3.8, 4) is 17.5 Å². The van der Waals surface area contributed by atoms with Gasteiger partial charge in [-0.05, 0) is 43.2 Å². The Bertz CT molecular complexity index is 1200. The van der Waals surface area contributed by atoms with Gasteiger partial charge in [-0.15, -0.1) is 0 Å². The average molecular weight is 358 g/mol. The number of aromatic amines is 1. The fraction of sp³-hybridized carbons (Fsp3) is 0.105. The monoisotopic (exact) mass is 358 g/mol. The Balaban J connectivity index is 1.68. The molecule has 0 atom stereocenters. The Kier molecular flexibility index (Phi) is 3.90. The molecule has 3 aromatic heterocycles. The van der Waals surface area contributed by atoms with E-state index in [9.17, 15) is 4.79 Å². The van der Waals surface area contributed by atoms with Crippen molar-refractivity contribution in [1.82, 2.24) is 20.2 Å². The highest BCUT2D eigenvalue weighted by atomic mass is 16.3. The van der Waals surface area contributed by atoms with E-state index in [-0.39, 0.29) is 11.6 Å². The number of hydrogen-bond donors (Lipinski definition) is 2. The fourth-order valence-corrected chi connectivity index (χ4v) is 2.85. The molecule has 0 aliphatic carbocycles. The van der Waals surface area contributed by atoms with Gasteiger partial charge < -0.3 is 9.73 Å². The lowest BCUT2D eigenvalue weighted by atomic mass is 10.0. The number of pyridine rings is 1. The molecule has 0 spiro atoms. The van der Waals surface area contributed by atoms with E-state index >= 15 is 0 Å². The van der Waals surface area contributed by atoms with E-state index in [0.717, 1.165) is 16.5 Å². The third-order valence-corrected chi connectivity index (χ3v) is 4.47. The largest absolute Gasteiger partial charge is 0.442 e. The molecule has 0 aliphatic rings. The number of anilines is 1. The van der Waals surface area contributed by atoms with Crippen LogP contribution in [0, 0.1) is 25.2 Å². The maximum atomic E-state index is 12.7. The van der Waals surface area contributed by atoms with Gasteiger partial charge in [0.05, 0.1) is 17.3 Å². The Hall–Kier alpha value is -3.99. The second kappa shape index (κ2) is 6.38. The minimum atomic E-state index is -0.343. The van der Waals surface area contributed by atoms with E-state index in [1.54, 1.807) is 32.2 Å². The van der Waals surface area contributed by atoms with Crippen LogP contribution in [-0.4, -0.2) is 26.1 Å². The van der Waals surface area contributed by atoms with E-state index in [2.05, 4.69) is 31.6 Å². The molecule has 0 bridgehead atoms. The molecule has 0 radical (unpaired) electrons. The van der Waals surface area contributed by atoms with Crippen LogP contribution in [0.25, 0.3) is 22.4 Å². The van der Waals surface area contributed by atoms with Crippen molar-refractivity contribution in [1.29, 1.82) is 5.26 Å². The lowest BCUT2D eigenvalue weighted by Crippen LogP contribution is -2.16. The number of amides is 1. The number of hydrogen-bond acceptors (Lipinski definition) is 6. The van der Waals surface area contributed by atoms with Crippen LogP contribution < -0.4 is 5.32 Å². The Morgan fingerprint density at radius 1 is 1.26 bits per heavy atom. The van der Waals surface area contributed by atoms with Gasteiger partial charge in [0.15, 0.2) is 12.2 Å². The number of rotatable bonds is 3. The van der Waals surface area contributed by atoms with Gasteiger partial charge >= 0.3 is 0 Å². The summed E-state index contributed by atoms with van der Waals surface area (Å²) in [5.74, 6) is 0.189. The topological polar surface area (TPSA) is 120 Å². The van der Waals surface area contributed by atoms with Gasteiger partial charge in [-0.1, -0.05) is 0 Å². The second-order valence-corrected chi connectivity index (χ2v) is 6.03. The number of oxazole rings is 1. The summed E-state index contributed by atoms with van der Waals surface area (Å²) in [6, 6.07) is 7.47. The van der Waals surface area contributed by atoms with Crippen LogP contribution in [0.2, 0.25) is 0 Å². The zero-order valence-electron chi connectivity index (χ0n) is 14.6. The predicted molar refractivity (Wildman–Crippen MR) is 98.0 cm³/mol. The third kappa shape index (κ3) is 2.81. The Morgan fingerprint density at radius 3 is 2.85 bits per heavy atom. The van der Waals surface area contributed by atoms with E-state index in [4.69, 9.17) is 9.68 Å². The molecule has 0 saturated carbocycles. The molecule has 4 aromatic rings. The van der Waals surface area contributed by atoms with Crippen molar-refractivity contribution in [3.05, 3.63) is 59.4 Å². The lowest BCUT2D eigenvalue weighted by Gasteiger charge is -2.10. The minimum absolute atomic E-state index is 0.286. The van der Waals surface area contributed by atoms with Crippen molar-refractivity contribution >= 4 is 22.5 Å². The van der Waals surface area contributed by atoms with Crippen molar-refractivity contribution in [3.63, 3.8) is 0 Å². The standard InChI is InChI=1S/C19H14N6O2/c1-10-11(2)17(22-7-12(10)6-20)19(26)23-13-3-4-15-14(5-13)18(25-24-15)16-8-21-9-27-16/h3-5,7-9H,1-2H3,(H,23,26)(H,24,25). The van der Waals surface area contributed by atoms with Crippen molar-refractivity contribution in [2.24, 2.45) is 0 Å². The number of aromatic nitrogens is 4. The number of carbonyl (C=O) groups excluding carboxylic acids is 1. The summed E-state index contributed by atoms with van der Waals surface area (Å²) < 4.78 is 5.31. The normalized spacial score (nSPS) is 10.7. The summed E-state index contributed by atoms with van der Waals surface area (Å²) in [6.07, 6.45) is 4.33. The van der Waals surface area contributed by atoms with E-state index < -0.39 is 0 Å². The van der Waals surface area contributed by atoms with Crippen LogP contribution >= 0.6 is 0 Å². The quantitative estimate of drug-likeness (QED) is 0.579. The molecule has 0 fully saturated rings. The highest BCUT2D eigenvalue weighted by Crippen LogP contribution is 2.28. The molecule has 8 nitrogen and oxygen atoms in total. The van der Waals surface area contributed by atoms with Crippen LogP contribution in [0.4, 0.5) is 5.69 Å². The Morgan fingerprint density at radius 2 is 2.11 bits per heavy atom. The first-order valence-electron chi connectivity index (χ1n) is 8.13. The molecule has 4 rings (SSSR count). The molecule has 8 heteroatoms. The number of nitriles is 1. The van der Waals surface area contributed by atoms with Gasteiger partial charge in [0.25, 0.3) is 5.91 Å². The maximum Gasteiger partial charge on any atom is 0.274 e. The molecule has 1 amide bonds. The van der Waals surface area contributed by atoms with Crippen LogP contribution in [0.3, 0.4) is 0 Å². The van der Waals surface area contributed by atoms with Crippen LogP contribution in [0.1, 0.15) is 27.2 Å². The zero-order chi connectivity index (χ0) is 19.0. The maximum absolute atomic E-state index is 12.7. The summed E-state index contributed by atoms with van der Waals surface area (Å²) in [6.45, 7) is 3.58. The van der Waals surface area contributed by atoms with E-state index in [1.807, 2.05) is 6.07 Å². The van der Waals surface area contributed by atoms with E-state index in [0.29, 0.717) is 28.3 Å². The number of H-pyrrole nitrogens is 1. The zero-order valence-corrected chi connectivity index (χ0v) is 14.6. The number of benzene rings is 1. The first-order chi connectivity index (χ1) is 13.1. The number of nitrogens with zero attached hydrogens (tertiary/aromatic N) is 4. The number of fused-ring (bicyclic) bond motifs is 1. The predicted octanol–water partition coefficient (Wildman–Crippen LogP) is 3.35. The molecule has 0 saturated heterocycles.